The summed E-state index contributed by atoms with van der Waals surface area (Å²) in [4.78, 5) is 2.02. The second kappa shape index (κ2) is 8.73. The molecule has 1 saturated heterocycles. The zero-order valence-corrected chi connectivity index (χ0v) is 15.2. The summed E-state index contributed by atoms with van der Waals surface area (Å²) < 4.78 is 16.3. The van der Waals surface area contributed by atoms with Crippen LogP contribution in [0.25, 0.3) is 0 Å². The predicted octanol–water partition coefficient (Wildman–Crippen LogP) is 2.10. The molecule has 23 heavy (non-hydrogen) atoms. The van der Waals surface area contributed by atoms with Crippen molar-refractivity contribution < 1.29 is 19.3 Å². The number of hydrogen-bond donors (Lipinski definition) is 1. The van der Waals surface area contributed by atoms with Crippen molar-refractivity contribution in [3.05, 3.63) is 23.8 Å². The monoisotopic (exact) mass is 345 g/mol. The van der Waals surface area contributed by atoms with Crippen LogP contribution in [-0.4, -0.2) is 64.2 Å². The summed E-state index contributed by atoms with van der Waals surface area (Å²) in [5, 5.41) is 10.9. The number of ether oxygens (including phenoxy) is 3. The maximum absolute atomic E-state index is 10.9. The Morgan fingerprint density at radius 3 is 2.30 bits per heavy atom. The molecule has 1 fully saturated rings. The van der Waals surface area contributed by atoms with Gasteiger partial charge < -0.3 is 24.2 Å². The van der Waals surface area contributed by atoms with Crippen LogP contribution < -0.4 is 9.47 Å². The van der Waals surface area contributed by atoms with Crippen LogP contribution in [0.15, 0.2) is 18.2 Å². The first-order valence-corrected chi connectivity index (χ1v) is 7.66. The minimum atomic E-state index is -0.454. The molecule has 6 heteroatoms. The summed E-state index contributed by atoms with van der Waals surface area (Å²) in [6.45, 7) is 1.95. The van der Waals surface area contributed by atoms with Crippen LogP contribution in [0.5, 0.6) is 11.5 Å². The molecule has 1 heterocycles. The van der Waals surface area contributed by atoms with Crippen molar-refractivity contribution in [1.29, 1.82) is 0 Å². The summed E-state index contributed by atoms with van der Waals surface area (Å²) in [7, 11) is 7.22. The van der Waals surface area contributed by atoms with Crippen LogP contribution in [0, 0.1) is 0 Å². The molecule has 1 N–H and O–H groups in total. The first-order valence-electron chi connectivity index (χ1n) is 7.66. The zero-order valence-electron chi connectivity index (χ0n) is 14.4. The molecular weight excluding hydrogens is 318 g/mol. The summed E-state index contributed by atoms with van der Waals surface area (Å²) in [5.74, 6) is 1.40. The highest BCUT2D eigenvalue weighted by molar-refractivity contribution is 5.85. The van der Waals surface area contributed by atoms with E-state index in [-0.39, 0.29) is 17.8 Å². The number of aliphatic hydroxyl groups excluding tert-OH is 1. The van der Waals surface area contributed by atoms with E-state index < -0.39 is 6.10 Å². The molecule has 132 valence electrons. The number of aliphatic hydroxyl groups is 1. The van der Waals surface area contributed by atoms with Crippen molar-refractivity contribution >= 4 is 12.4 Å². The average Bonchev–Trinajstić information content (AvgIpc) is 2.54. The molecule has 0 amide bonds. The highest BCUT2D eigenvalue weighted by Crippen LogP contribution is 2.41. The van der Waals surface area contributed by atoms with Gasteiger partial charge in [-0.15, -0.1) is 12.4 Å². The summed E-state index contributed by atoms with van der Waals surface area (Å²) in [5.41, 5.74) is 0.782. The molecule has 1 aliphatic rings. The van der Waals surface area contributed by atoms with Crippen molar-refractivity contribution in [1.82, 2.24) is 4.90 Å². The number of likely N-dealkylation sites (N-methyl/N-ethyl adjacent to an activating group) is 1. The predicted molar refractivity (Wildman–Crippen MR) is 93.1 cm³/mol. The largest absolute Gasteiger partial charge is 0.493 e. The lowest BCUT2D eigenvalue weighted by atomic mass is 9.69. The number of nitrogens with zero attached hydrogens (tertiary/aromatic N) is 1. The Morgan fingerprint density at radius 1 is 1.17 bits per heavy atom. The number of hydrogen-bond acceptors (Lipinski definition) is 5. The van der Waals surface area contributed by atoms with Gasteiger partial charge in [-0.2, -0.15) is 0 Å². The standard InChI is InChI=1S/C17H27NO4.ClH/c1-18(2)12-16(19)17(7-9-22-10-8-17)13-5-6-14(20-3)15(11-13)21-4;/h5-6,11,16,19H,7-10,12H2,1-4H3;1H. The SMILES string of the molecule is COc1ccc(C2(C(O)CN(C)C)CCOCC2)cc1OC.Cl. The molecule has 1 aliphatic heterocycles. The highest BCUT2D eigenvalue weighted by atomic mass is 35.5. The molecule has 0 bridgehead atoms. The Kier molecular flexibility index (Phi) is 7.61. The Morgan fingerprint density at radius 2 is 1.78 bits per heavy atom. The van der Waals surface area contributed by atoms with Crippen molar-refractivity contribution in [3.63, 3.8) is 0 Å². The Labute approximate surface area is 144 Å². The van der Waals surface area contributed by atoms with E-state index in [1.54, 1.807) is 14.2 Å². The van der Waals surface area contributed by atoms with Crippen molar-refractivity contribution in [2.45, 2.75) is 24.4 Å². The van der Waals surface area contributed by atoms with E-state index in [2.05, 4.69) is 0 Å². The van der Waals surface area contributed by atoms with E-state index in [9.17, 15) is 5.11 Å². The molecule has 2 rings (SSSR count). The summed E-state index contributed by atoms with van der Waals surface area (Å²) in [6, 6.07) is 5.93. The fraction of sp³-hybridized carbons (Fsp3) is 0.647. The van der Waals surface area contributed by atoms with Gasteiger partial charge in [-0.1, -0.05) is 6.07 Å². The zero-order chi connectivity index (χ0) is 16.2. The molecule has 1 unspecified atom stereocenters. The lowest BCUT2D eigenvalue weighted by Crippen LogP contribution is -2.48. The molecular formula is C17H28ClNO4. The van der Waals surface area contributed by atoms with Crippen LogP contribution >= 0.6 is 12.4 Å². The molecule has 0 radical (unpaired) electrons. The van der Waals surface area contributed by atoms with Gasteiger partial charge in [-0.05, 0) is 44.6 Å². The molecule has 1 aromatic carbocycles. The number of rotatable bonds is 6. The molecule has 0 saturated carbocycles. The van der Waals surface area contributed by atoms with Gasteiger partial charge in [0.25, 0.3) is 0 Å². The van der Waals surface area contributed by atoms with E-state index in [1.165, 1.54) is 0 Å². The molecule has 0 spiro atoms. The van der Waals surface area contributed by atoms with Crippen LogP contribution in [-0.2, 0) is 10.2 Å². The third kappa shape index (κ3) is 4.29. The van der Waals surface area contributed by atoms with Gasteiger partial charge in [0.2, 0.25) is 0 Å². The van der Waals surface area contributed by atoms with Crippen molar-refractivity contribution in [3.8, 4) is 11.5 Å². The number of halogens is 1. The summed E-state index contributed by atoms with van der Waals surface area (Å²) in [6.07, 6.45) is 1.15. The summed E-state index contributed by atoms with van der Waals surface area (Å²) >= 11 is 0. The second-order valence-electron chi connectivity index (χ2n) is 6.12. The van der Waals surface area contributed by atoms with Gasteiger partial charge >= 0.3 is 0 Å². The Bertz CT molecular complexity index is 489. The van der Waals surface area contributed by atoms with E-state index in [4.69, 9.17) is 14.2 Å². The third-order valence-electron chi connectivity index (χ3n) is 4.52. The quantitative estimate of drug-likeness (QED) is 0.855. The third-order valence-corrected chi connectivity index (χ3v) is 4.52. The molecule has 0 aromatic heterocycles. The van der Waals surface area contributed by atoms with Crippen molar-refractivity contribution in [2.75, 3.05) is 48.1 Å². The smallest absolute Gasteiger partial charge is 0.161 e. The van der Waals surface area contributed by atoms with Crippen LogP contribution in [0.2, 0.25) is 0 Å². The lowest BCUT2D eigenvalue weighted by Gasteiger charge is -2.42. The van der Waals surface area contributed by atoms with Crippen molar-refractivity contribution in [2.24, 2.45) is 0 Å². The van der Waals surface area contributed by atoms with Crippen LogP contribution in [0.3, 0.4) is 0 Å². The van der Waals surface area contributed by atoms with Gasteiger partial charge in [0.15, 0.2) is 11.5 Å². The first kappa shape index (κ1) is 20.0. The Hall–Kier alpha value is -1.01. The van der Waals surface area contributed by atoms with Gasteiger partial charge in [0, 0.05) is 25.2 Å². The molecule has 0 aliphatic carbocycles. The maximum atomic E-state index is 10.9. The first-order chi connectivity index (χ1) is 10.5. The Balaban J connectivity index is 0.00000264. The van der Waals surface area contributed by atoms with Gasteiger partial charge in [0.1, 0.15) is 0 Å². The van der Waals surface area contributed by atoms with Crippen LogP contribution in [0.1, 0.15) is 18.4 Å². The second-order valence-corrected chi connectivity index (χ2v) is 6.12. The van der Waals surface area contributed by atoms with E-state index >= 15 is 0 Å². The minimum absolute atomic E-state index is 0. The number of methoxy groups -OCH3 is 2. The van der Waals surface area contributed by atoms with E-state index in [0.29, 0.717) is 31.3 Å². The maximum Gasteiger partial charge on any atom is 0.161 e. The van der Waals surface area contributed by atoms with Gasteiger partial charge in [-0.3, -0.25) is 0 Å². The van der Waals surface area contributed by atoms with Gasteiger partial charge in [0.05, 0.1) is 20.3 Å². The van der Waals surface area contributed by atoms with E-state index in [1.807, 2.05) is 37.2 Å². The topological polar surface area (TPSA) is 51.2 Å². The highest BCUT2D eigenvalue weighted by Gasteiger charge is 2.41. The van der Waals surface area contributed by atoms with Gasteiger partial charge in [-0.25, -0.2) is 0 Å². The molecule has 5 nitrogen and oxygen atoms in total. The minimum Gasteiger partial charge on any atom is -0.493 e. The fourth-order valence-corrected chi connectivity index (χ4v) is 3.22. The van der Waals surface area contributed by atoms with E-state index in [0.717, 1.165) is 18.4 Å². The number of benzene rings is 1. The average molecular weight is 346 g/mol. The lowest BCUT2D eigenvalue weighted by molar-refractivity contribution is -0.0241. The molecule has 1 aromatic rings. The normalized spacial score (nSPS) is 18.2. The van der Waals surface area contributed by atoms with Crippen LogP contribution in [0.4, 0.5) is 0 Å². The molecule has 1 atom stereocenters. The fourth-order valence-electron chi connectivity index (χ4n) is 3.22.